The van der Waals surface area contributed by atoms with Gasteiger partial charge in [-0.15, -0.1) is 0 Å². The number of rotatable bonds is 1. The minimum absolute atomic E-state index is 0.464. The molecule has 0 unspecified atom stereocenters. The Balaban J connectivity index is 2.21. The average molecular weight is 269 g/mol. The van der Waals surface area contributed by atoms with Crippen molar-refractivity contribution in [1.82, 2.24) is 14.6 Å². The quantitative estimate of drug-likeness (QED) is 0.681. The molecule has 0 spiro atoms. The van der Waals surface area contributed by atoms with Gasteiger partial charge in [-0.2, -0.15) is 10.4 Å². The summed E-state index contributed by atoms with van der Waals surface area (Å²) in [6, 6.07) is 13.3. The first-order valence-corrected chi connectivity index (χ1v) is 6.09. The van der Waals surface area contributed by atoms with Crippen molar-refractivity contribution in [2.75, 3.05) is 0 Å². The number of nitriles is 1. The van der Waals surface area contributed by atoms with Crippen LogP contribution in [-0.4, -0.2) is 14.6 Å². The molecule has 92 valence electrons. The zero-order chi connectivity index (χ0) is 13.4. The number of imidazole rings is 1. The highest BCUT2D eigenvalue weighted by atomic mass is 35.5. The average Bonchev–Trinajstić information content (AvgIpc) is 2.74. The largest absolute Gasteiger partial charge is 0.231 e. The van der Waals surface area contributed by atoms with Crippen molar-refractivity contribution in [3.05, 3.63) is 52.8 Å². The molecule has 2 aromatic heterocycles. The second-order valence-corrected chi connectivity index (χ2v) is 4.59. The van der Waals surface area contributed by atoms with Gasteiger partial charge in [-0.25, -0.2) is 9.50 Å². The van der Waals surface area contributed by atoms with Crippen LogP contribution in [0.4, 0.5) is 0 Å². The number of nitrogens with zero attached hydrogens (tertiary/aromatic N) is 4. The van der Waals surface area contributed by atoms with Crippen molar-refractivity contribution >= 4 is 17.2 Å². The van der Waals surface area contributed by atoms with Crippen LogP contribution < -0.4 is 0 Å². The molecule has 0 fully saturated rings. The van der Waals surface area contributed by atoms with Crippen LogP contribution in [0.1, 0.15) is 11.4 Å². The summed E-state index contributed by atoms with van der Waals surface area (Å²) in [6.45, 7) is 1.80. The molecule has 0 aliphatic carbocycles. The molecule has 5 heteroatoms. The molecule has 0 saturated heterocycles. The maximum absolute atomic E-state index is 9.13. The molecule has 0 atom stereocenters. The van der Waals surface area contributed by atoms with Gasteiger partial charge in [0, 0.05) is 10.6 Å². The van der Waals surface area contributed by atoms with Gasteiger partial charge >= 0.3 is 0 Å². The number of hydrogen-bond acceptors (Lipinski definition) is 3. The molecule has 0 amide bonds. The van der Waals surface area contributed by atoms with Crippen LogP contribution in [-0.2, 0) is 0 Å². The smallest absolute Gasteiger partial charge is 0.165 e. The van der Waals surface area contributed by atoms with Crippen molar-refractivity contribution < 1.29 is 0 Å². The number of aryl methyl sites for hydroxylation is 1. The first-order valence-electron chi connectivity index (χ1n) is 5.71. The third-order valence-corrected chi connectivity index (χ3v) is 3.15. The molecule has 0 N–H and O–H groups in total. The van der Waals surface area contributed by atoms with Crippen molar-refractivity contribution in [3.63, 3.8) is 0 Å². The van der Waals surface area contributed by atoms with E-state index in [1.54, 1.807) is 11.4 Å². The van der Waals surface area contributed by atoms with Gasteiger partial charge in [0.15, 0.2) is 11.3 Å². The minimum Gasteiger partial charge on any atom is -0.231 e. The molecule has 0 aliphatic rings. The van der Waals surface area contributed by atoms with E-state index in [2.05, 4.69) is 16.2 Å². The van der Waals surface area contributed by atoms with Gasteiger partial charge in [0.2, 0.25) is 0 Å². The Labute approximate surface area is 114 Å². The molecule has 0 bridgehead atoms. The van der Waals surface area contributed by atoms with Crippen LogP contribution in [0.2, 0.25) is 5.02 Å². The predicted molar refractivity (Wildman–Crippen MR) is 72.9 cm³/mol. The highest BCUT2D eigenvalue weighted by Gasteiger charge is 2.10. The van der Waals surface area contributed by atoms with E-state index < -0.39 is 0 Å². The van der Waals surface area contributed by atoms with Crippen LogP contribution >= 0.6 is 11.6 Å². The first kappa shape index (κ1) is 11.7. The number of fused-ring (bicyclic) bond motifs is 1. The number of aromatic nitrogens is 3. The second-order valence-electron chi connectivity index (χ2n) is 4.15. The molecule has 4 nitrogen and oxygen atoms in total. The van der Waals surface area contributed by atoms with E-state index >= 15 is 0 Å². The Morgan fingerprint density at radius 2 is 1.89 bits per heavy atom. The molecule has 0 saturated carbocycles. The zero-order valence-corrected chi connectivity index (χ0v) is 10.9. The Hall–Kier alpha value is -2.38. The molecule has 0 aliphatic heterocycles. The van der Waals surface area contributed by atoms with Gasteiger partial charge in [-0.3, -0.25) is 0 Å². The van der Waals surface area contributed by atoms with E-state index in [4.69, 9.17) is 16.9 Å². The summed E-state index contributed by atoms with van der Waals surface area (Å²) in [5, 5.41) is 14.3. The van der Waals surface area contributed by atoms with Crippen LogP contribution in [0.25, 0.3) is 16.9 Å². The summed E-state index contributed by atoms with van der Waals surface area (Å²) in [6.07, 6.45) is 0. The summed E-state index contributed by atoms with van der Waals surface area (Å²) >= 11 is 5.87. The number of benzene rings is 1. The lowest BCUT2D eigenvalue weighted by Crippen LogP contribution is -1.97. The summed E-state index contributed by atoms with van der Waals surface area (Å²) in [4.78, 5) is 4.29. The van der Waals surface area contributed by atoms with E-state index in [1.807, 2.05) is 36.4 Å². The molecular formula is C14H9ClN4. The first-order chi connectivity index (χ1) is 9.19. The molecule has 1 aromatic carbocycles. The van der Waals surface area contributed by atoms with Gasteiger partial charge in [0.05, 0.1) is 11.4 Å². The van der Waals surface area contributed by atoms with E-state index in [1.165, 1.54) is 0 Å². The monoisotopic (exact) mass is 268 g/mol. The SMILES string of the molecule is Cc1nc2ccc(-c3ccc(Cl)cc3)nn2c1C#N. The van der Waals surface area contributed by atoms with Gasteiger partial charge in [0.25, 0.3) is 0 Å². The van der Waals surface area contributed by atoms with Crippen LogP contribution in [0.15, 0.2) is 36.4 Å². The number of halogens is 1. The Bertz CT molecular complexity index is 797. The van der Waals surface area contributed by atoms with E-state index in [9.17, 15) is 0 Å². The van der Waals surface area contributed by atoms with Gasteiger partial charge in [-0.05, 0) is 31.2 Å². The second kappa shape index (κ2) is 4.38. The van der Waals surface area contributed by atoms with E-state index in [-0.39, 0.29) is 0 Å². The molecule has 3 rings (SSSR count). The molecule has 19 heavy (non-hydrogen) atoms. The molecule has 0 radical (unpaired) electrons. The maximum atomic E-state index is 9.13. The summed E-state index contributed by atoms with van der Waals surface area (Å²) in [7, 11) is 0. The maximum Gasteiger partial charge on any atom is 0.165 e. The molecule has 3 aromatic rings. The highest BCUT2D eigenvalue weighted by Crippen LogP contribution is 2.20. The minimum atomic E-state index is 0.464. The van der Waals surface area contributed by atoms with Crippen LogP contribution in [0, 0.1) is 18.3 Å². The Morgan fingerprint density at radius 1 is 1.16 bits per heavy atom. The lowest BCUT2D eigenvalue weighted by Gasteiger charge is -2.02. The normalized spacial score (nSPS) is 10.6. The van der Waals surface area contributed by atoms with Crippen LogP contribution in [0.3, 0.4) is 0 Å². The summed E-state index contributed by atoms with van der Waals surface area (Å²) < 4.78 is 1.57. The molecule has 2 heterocycles. The van der Waals surface area contributed by atoms with Crippen molar-refractivity contribution in [3.8, 4) is 17.3 Å². The summed E-state index contributed by atoms with van der Waals surface area (Å²) in [5.41, 5.74) is 3.54. The summed E-state index contributed by atoms with van der Waals surface area (Å²) in [5.74, 6) is 0. The van der Waals surface area contributed by atoms with Gasteiger partial charge < -0.3 is 0 Å². The van der Waals surface area contributed by atoms with Gasteiger partial charge in [-0.1, -0.05) is 23.7 Å². The lowest BCUT2D eigenvalue weighted by molar-refractivity contribution is 0.924. The fourth-order valence-corrected chi connectivity index (χ4v) is 2.07. The topological polar surface area (TPSA) is 54.0 Å². The standard InChI is InChI=1S/C14H9ClN4/c1-9-13(8-16)19-14(17-9)7-6-12(18-19)10-2-4-11(15)5-3-10/h2-7H,1H3. The van der Waals surface area contributed by atoms with Crippen LogP contribution in [0.5, 0.6) is 0 Å². The third kappa shape index (κ3) is 1.94. The third-order valence-electron chi connectivity index (χ3n) is 2.90. The molecular weight excluding hydrogens is 260 g/mol. The number of hydrogen-bond donors (Lipinski definition) is 0. The predicted octanol–water partition coefficient (Wildman–Crippen LogP) is 3.23. The van der Waals surface area contributed by atoms with Crippen molar-refractivity contribution in [2.24, 2.45) is 0 Å². The fourth-order valence-electron chi connectivity index (χ4n) is 1.95. The fraction of sp³-hybridized carbons (Fsp3) is 0.0714. The van der Waals surface area contributed by atoms with E-state index in [0.29, 0.717) is 22.1 Å². The Morgan fingerprint density at radius 3 is 2.58 bits per heavy atom. The van der Waals surface area contributed by atoms with Gasteiger partial charge in [0.1, 0.15) is 6.07 Å². The lowest BCUT2D eigenvalue weighted by atomic mass is 10.1. The zero-order valence-electron chi connectivity index (χ0n) is 10.1. The van der Waals surface area contributed by atoms with Crippen molar-refractivity contribution in [1.29, 1.82) is 5.26 Å². The highest BCUT2D eigenvalue weighted by molar-refractivity contribution is 6.30. The van der Waals surface area contributed by atoms with E-state index in [0.717, 1.165) is 11.3 Å². The van der Waals surface area contributed by atoms with Crippen molar-refractivity contribution in [2.45, 2.75) is 6.92 Å². The Kier molecular flexibility index (Phi) is 2.69.